The minimum atomic E-state index is -0.810. The minimum Gasteiger partial charge on any atom is -0.481 e. The summed E-state index contributed by atoms with van der Waals surface area (Å²) in [6.45, 7) is 2.50. The predicted molar refractivity (Wildman–Crippen MR) is 97.9 cm³/mol. The van der Waals surface area contributed by atoms with Crippen molar-refractivity contribution >= 4 is 11.9 Å². The predicted octanol–water partition coefficient (Wildman–Crippen LogP) is 3.12. The van der Waals surface area contributed by atoms with E-state index in [1.165, 1.54) is 0 Å². The zero-order valence-electron chi connectivity index (χ0n) is 15.2. The molecular formula is C20H31NO4. The number of rotatable bonds is 10. The summed E-state index contributed by atoms with van der Waals surface area (Å²) < 4.78 is 0. The van der Waals surface area contributed by atoms with Gasteiger partial charge < -0.3 is 15.1 Å². The van der Waals surface area contributed by atoms with Crippen molar-refractivity contribution in [1.82, 2.24) is 4.90 Å². The van der Waals surface area contributed by atoms with E-state index in [-0.39, 0.29) is 18.4 Å². The van der Waals surface area contributed by atoms with E-state index < -0.39 is 12.1 Å². The molecule has 1 saturated heterocycles. The zero-order valence-corrected chi connectivity index (χ0v) is 15.2. The molecule has 1 heterocycles. The number of carbonyl (C=O) groups excluding carboxylic acids is 1. The molecule has 5 heteroatoms. The van der Waals surface area contributed by atoms with Gasteiger partial charge in [0.1, 0.15) is 0 Å². The van der Waals surface area contributed by atoms with Crippen LogP contribution in [0, 0.1) is 11.8 Å². The van der Waals surface area contributed by atoms with Gasteiger partial charge in [0, 0.05) is 19.3 Å². The lowest BCUT2D eigenvalue weighted by molar-refractivity contribution is -0.137. The third-order valence-electron chi connectivity index (χ3n) is 4.34. The summed E-state index contributed by atoms with van der Waals surface area (Å²) in [4.78, 5) is 24.4. The monoisotopic (exact) mass is 349 g/mol. The number of unbranched alkanes of at least 4 members (excludes halogenated alkanes) is 3. The van der Waals surface area contributed by atoms with Gasteiger partial charge in [-0.3, -0.25) is 9.59 Å². The number of hydrogen-bond donors (Lipinski definition) is 2. The Kier molecular flexibility index (Phi) is 10.7. The maximum Gasteiger partial charge on any atom is 0.303 e. The van der Waals surface area contributed by atoms with E-state index in [0.29, 0.717) is 25.8 Å². The highest BCUT2D eigenvalue weighted by molar-refractivity contribution is 5.77. The Morgan fingerprint density at radius 3 is 2.88 bits per heavy atom. The van der Waals surface area contributed by atoms with E-state index in [2.05, 4.69) is 18.8 Å². The van der Waals surface area contributed by atoms with E-state index in [1.54, 1.807) is 4.90 Å². The van der Waals surface area contributed by atoms with Crippen molar-refractivity contribution in [2.24, 2.45) is 0 Å². The summed E-state index contributed by atoms with van der Waals surface area (Å²) in [6, 6.07) is -0.00426. The molecule has 0 spiro atoms. The summed E-state index contributed by atoms with van der Waals surface area (Å²) >= 11 is 0. The molecule has 25 heavy (non-hydrogen) atoms. The van der Waals surface area contributed by atoms with E-state index in [4.69, 9.17) is 5.11 Å². The van der Waals surface area contributed by atoms with Crippen LogP contribution in [-0.2, 0) is 9.59 Å². The number of aliphatic hydroxyl groups is 1. The minimum absolute atomic E-state index is 0.00426. The number of carbonyl (C=O) groups is 2. The maximum atomic E-state index is 12.2. The topological polar surface area (TPSA) is 77.8 Å². The number of amides is 1. The van der Waals surface area contributed by atoms with Crippen LogP contribution in [0.3, 0.4) is 0 Å². The van der Waals surface area contributed by atoms with E-state index in [9.17, 15) is 14.7 Å². The number of likely N-dealkylation sites (tertiary alicyclic amines) is 1. The third kappa shape index (κ3) is 9.31. The molecule has 0 radical (unpaired) electrons. The van der Waals surface area contributed by atoms with E-state index >= 15 is 0 Å². The highest BCUT2D eigenvalue weighted by atomic mass is 16.4. The van der Waals surface area contributed by atoms with Gasteiger partial charge in [0.05, 0.1) is 18.7 Å². The first-order chi connectivity index (χ1) is 12.0. The first-order valence-corrected chi connectivity index (χ1v) is 9.38. The zero-order chi connectivity index (χ0) is 18.5. The number of aliphatic hydroxyl groups excluding tert-OH is 1. The Labute approximate surface area is 151 Å². The second kappa shape index (κ2) is 12.5. The molecule has 1 unspecified atom stereocenters. The number of piperidine rings is 1. The Bertz CT molecular complexity index is 504. The maximum absolute atomic E-state index is 12.2. The van der Waals surface area contributed by atoms with Crippen molar-refractivity contribution in [3.05, 3.63) is 12.2 Å². The molecule has 0 aromatic carbocycles. The van der Waals surface area contributed by atoms with Crippen LogP contribution in [0.4, 0.5) is 0 Å². The summed E-state index contributed by atoms with van der Waals surface area (Å²) in [7, 11) is 0. The SMILES string of the molecule is CCCCCC(O)C=C[C@H]1CCCC(=O)N1CC#CCCCC(=O)O. The summed E-state index contributed by atoms with van der Waals surface area (Å²) in [5.41, 5.74) is 0. The van der Waals surface area contributed by atoms with Gasteiger partial charge in [-0.05, 0) is 25.7 Å². The van der Waals surface area contributed by atoms with Gasteiger partial charge >= 0.3 is 5.97 Å². The van der Waals surface area contributed by atoms with Crippen LogP contribution in [0.1, 0.15) is 71.1 Å². The molecule has 1 aliphatic heterocycles. The highest BCUT2D eigenvalue weighted by Gasteiger charge is 2.25. The average molecular weight is 349 g/mol. The fourth-order valence-corrected chi connectivity index (χ4v) is 2.87. The van der Waals surface area contributed by atoms with Crippen molar-refractivity contribution in [2.45, 2.75) is 83.3 Å². The van der Waals surface area contributed by atoms with Crippen molar-refractivity contribution in [1.29, 1.82) is 0 Å². The van der Waals surface area contributed by atoms with Crippen LogP contribution in [0.15, 0.2) is 12.2 Å². The summed E-state index contributed by atoms with van der Waals surface area (Å²) in [6.07, 6.45) is 10.8. The van der Waals surface area contributed by atoms with E-state index in [0.717, 1.165) is 38.5 Å². The standard InChI is InChI=1S/C20H31NO4/c1-2-3-6-11-18(22)15-14-17-10-9-12-19(23)21(17)16-8-5-4-7-13-20(24)25/h14-15,17-18,22H,2-4,6-7,9-13,16H2,1H3,(H,24,25)/t17-,18?/m1/s1. The van der Waals surface area contributed by atoms with Crippen LogP contribution >= 0.6 is 0 Å². The molecular weight excluding hydrogens is 318 g/mol. The fourth-order valence-electron chi connectivity index (χ4n) is 2.87. The van der Waals surface area contributed by atoms with Gasteiger partial charge in [0.25, 0.3) is 0 Å². The quantitative estimate of drug-likeness (QED) is 0.361. The lowest BCUT2D eigenvalue weighted by atomic mass is 10.00. The molecule has 1 rings (SSSR count). The first kappa shape index (κ1) is 21.2. The van der Waals surface area contributed by atoms with Crippen LogP contribution < -0.4 is 0 Å². The summed E-state index contributed by atoms with van der Waals surface area (Å²) in [5.74, 6) is 5.22. The Hall–Kier alpha value is -1.80. The van der Waals surface area contributed by atoms with Gasteiger partial charge in [-0.25, -0.2) is 0 Å². The van der Waals surface area contributed by atoms with E-state index in [1.807, 2.05) is 12.2 Å². The second-order valence-electron chi connectivity index (χ2n) is 6.53. The first-order valence-electron chi connectivity index (χ1n) is 9.38. The van der Waals surface area contributed by atoms with Crippen LogP contribution in [-0.4, -0.2) is 45.7 Å². The van der Waals surface area contributed by atoms with Gasteiger partial charge in [-0.2, -0.15) is 0 Å². The Balaban J connectivity index is 2.48. The summed E-state index contributed by atoms with van der Waals surface area (Å²) in [5, 5.41) is 18.6. The van der Waals surface area contributed by atoms with Crippen molar-refractivity contribution in [2.75, 3.05) is 6.54 Å². The number of aliphatic carboxylic acids is 1. The number of nitrogens with zero attached hydrogens (tertiary/aromatic N) is 1. The molecule has 0 aliphatic carbocycles. The molecule has 2 N–H and O–H groups in total. The molecule has 5 nitrogen and oxygen atoms in total. The lowest BCUT2D eigenvalue weighted by Gasteiger charge is -2.32. The van der Waals surface area contributed by atoms with Gasteiger partial charge in [0.15, 0.2) is 0 Å². The fraction of sp³-hybridized carbons (Fsp3) is 0.700. The van der Waals surface area contributed by atoms with Crippen LogP contribution in [0.2, 0.25) is 0 Å². The molecule has 2 atom stereocenters. The second-order valence-corrected chi connectivity index (χ2v) is 6.53. The smallest absolute Gasteiger partial charge is 0.303 e. The molecule has 0 saturated carbocycles. The van der Waals surface area contributed by atoms with Gasteiger partial charge in [-0.15, -0.1) is 5.92 Å². The molecule has 0 aromatic heterocycles. The largest absolute Gasteiger partial charge is 0.481 e. The number of hydrogen-bond acceptors (Lipinski definition) is 3. The molecule has 140 valence electrons. The molecule has 1 aliphatic rings. The van der Waals surface area contributed by atoms with Crippen LogP contribution in [0.25, 0.3) is 0 Å². The molecule has 1 amide bonds. The Morgan fingerprint density at radius 1 is 1.36 bits per heavy atom. The molecule has 1 fully saturated rings. The normalized spacial score (nSPS) is 18.9. The third-order valence-corrected chi connectivity index (χ3v) is 4.34. The number of carboxylic acids is 1. The lowest BCUT2D eigenvalue weighted by Crippen LogP contribution is -2.42. The van der Waals surface area contributed by atoms with Crippen LogP contribution in [0.5, 0.6) is 0 Å². The number of carboxylic acid groups (broad SMARTS) is 1. The molecule has 0 bridgehead atoms. The molecule has 0 aromatic rings. The highest BCUT2D eigenvalue weighted by Crippen LogP contribution is 2.19. The van der Waals surface area contributed by atoms with Crippen molar-refractivity contribution < 1.29 is 19.8 Å². The van der Waals surface area contributed by atoms with Gasteiger partial charge in [0.2, 0.25) is 5.91 Å². The average Bonchev–Trinajstić information content (AvgIpc) is 2.57. The Morgan fingerprint density at radius 2 is 2.16 bits per heavy atom. The van der Waals surface area contributed by atoms with Crippen molar-refractivity contribution in [3.8, 4) is 11.8 Å². The van der Waals surface area contributed by atoms with Gasteiger partial charge in [-0.1, -0.05) is 44.3 Å². The van der Waals surface area contributed by atoms with Crippen molar-refractivity contribution in [3.63, 3.8) is 0 Å².